The number of hydrogen-bond donors (Lipinski definition) is 1. The van der Waals surface area contributed by atoms with Crippen LogP contribution >= 0.6 is 11.6 Å². The van der Waals surface area contributed by atoms with E-state index in [4.69, 9.17) is 11.6 Å². The van der Waals surface area contributed by atoms with Gasteiger partial charge in [-0.2, -0.15) is 5.10 Å². The first-order chi connectivity index (χ1) is 8.56. The molecular formula is C14H15ClN2O. The molecule has 1 aromatic heterocycles. The maximum atomic E-state index is 11.7. The number of nitrogens with zero attached hydrogens (tertiary/aromatic N) is 1. The Morgan fingerprint density at radius 2 is 2.11 bits per heavy atom. The highest BCUT2D eigenvalue weighted by Gasteiger charge is 2.06. The van der Waals surface area contributed by atoms with E-state index in [1.54, 1.807) is 6.07 Å². The molecule has 0 aliphatic heterocycles. The molecule has 2 aromatic rings. The lowest BCUT2D eigenvalue weighted by atomic mass is 9.99. The first kappa shape index (κ1) is 12.8. The molecule has 2 rings (SSSR count). The van der Waals surface area contributed by atoms with E-state index in [-0.39, 0.29) is 5.56 Å². The second kappa shape index (κ2) is 5.36. The van der Waals surface area contributed by atoms with Crippen LogP contribution in [0.2, 0.25) is 5.15 Å². The van der Waals surface area contributed by atoms with Gasteiger partial charge < -0.3 is 0 Å². The highest BCUT2D eigenvalue weighted by Crippen LogP contribution is 2.20. The van der Waals surface area contributed by atoms with Crippen molar-refractivity contribution in [2.24, 2.45) is 5.92 Å². The maximum absolute atomic E-state index is 11.7. The molecular weight excluding hydrogens is 248 g/mol. The summed E-state index contributed by atoms with van der Waals surface area (Å²) in [4.78, 5) is 11.7. The number of nitrogens with one attached hydrogen (secondary N) is 1. The van der Waals surface area contributed by atoms with Crippen molar-refractivity contribution >= 4 is 11.6 Å². The molecule has 0 atom stereocenters. The number of hydrogen-bond acceptors (Lipinski definition) is 2. The second-order valence-corrected chi connectivity index (χ2v) is 5.12. The van der Waals surface area contributed by atoms with E-state index in [2.05, 4.69) is 30.1 Å². The summed E-state index contributed by atoms with van der Waals surface area (Å²) in [6, 6.07) is 9.56. The zero-order valence-electron chi connectivity index (χ0n) is 10.4. The fourth-order valence-corrected chi connectivity index (χ4v) is 2.08. The molecule has 1 aromatic carbocycles. The van der Waals surface area contributed by atoms with E-state index in [0.717, 1.165) is 12.0 Å². The lowest BCUT2D eigenvalue weighted by molar-refractivity contribution is 0.647. The normalized spacial score (nSPS) is 10.9. The summed E-state index contributed by atoms with van der Waals surface area (Å²) in [7, 11) is 0. The second-order valence-electron chi connectivity index (χ2n) is 4.73. The van der Waals surface area contributed by atoms with Crippen molar-refractivity contribution in [2.45, 2.75) is 20.3 Å². The fourth-order valence-electron chi connectivity index (χ4n) is 1.93. The van der Waals surface area contributed by atoms with Crippen LogP contribution in [0.3, 0.4) is 0 Å². The number of aromatic nitrogens is 2. The molecule has 1 N–H and O–H groups in total. The third kappa shape index (κ3) is 2.99. The van der Waals surface area contributed by atoms with Crippen molar-refractivity contribution in [1.29, 1.82) is 0 Å². The maximum Gasteiger partial charge on any atom is 0.272 e. The molecule has 0 bridgehead atoms. The van der Waals surface area contributed by atoms with Crippen LogP contribution in [0.5, 0.6) is 0 Å². The Bertz CT molecular complexity index is 605. The minimum Gasteiger partial charge on any atom is -0.267 e. The first-order valence-electron chi connectivity index (χ1n) is 5.91. The smallest absolute Gasteiger partial charge is 0.267 e. The molecule has 0 spiro atoms. The van der Waals surface area contributed by atoms with Crippen LogP contribution in [0.1, 0.15) is 19.4 Å². The van der Waals surface area contributed by atoms with Crippen molar-refractivity contribution in [3.63, 3.8) is 0 Å². The molecule has 0 aliphatic rings. The van der Waals surface area contributed by atoms with Crippen LogP contribution in [0.15, 0.2) is 35.1 Å². The molecule has 94 valence electrons. The van der Waals surface area contributed by atoms with Crippen molar-refractivity contribution in [3.05, 3.63) is 51.4 Å². The molecule has 4 heteroatoms. The summed E-state index contributed by atoms with van der Waals surface area (Å²) in [5.41, 5.74) is 2.43. The molecule has 3 nitrogen and oxygen atoms in total. The van der Waals surface area contributed by atoms with E-state index in [0.29, 0.717) is 16.6 Å². The van der Waals surface area contributed by atoms with Gasteiger partial charge in [0.05, 0.1) is 5.56 Å². The summed E-state index contributed by atoms with van der Waals surface area (Å²) in [5, 5.41) is 6.34. The van der Waals surface area contributed by atoms with E-state index < -0.39 is 0 Å². The summed E-state index contributed by atoms with van der Waals surface area (Å²) in [6.07, 6.45) is 0.991. The van der Waals surface area contributed by atoms with E-state index in [9.17, 15) is 4.79 Å². The number of H-pyrrole nitrogens is 1. The number of rotatable bonds is 3. The molecule has 0 unspecified atom stereocenters. The van der Waals surface area contributed by atoms with E-state index in [1.807, 2.05) is 18.2 Å². The predicted octanol–water partition coefficient (Wildman–Crippen LogP) is 3.29. The van der Waals surface area contributed by atoms with Gasteiger partial charge >= 0.3 is 0 Å². The zero-order chi connectivity index (χ0) is 13.1. The van der Waals surface area contributed by atoms with Gasteiger partial charge in [-0.05, 0) is 29.5 Å². The highest BCUT2D eigenvalue weighted by atomic mass is 35.5. The van der Waals surface area contributed by atoms with Gasteiger partial charge in [0.1, 0.15) is 5.15 Å². The van der Waals surface area contributed by atoms with Gasteiger partial charge in [0, 0.05) is 0 Å². The van der Waals surface area contributed by atoms with Crippen molar-refractivity contribution < 1.29 is 0 Å². The molecule has 0 fully saturated rings. The average molecular weight is 263 g/mol. The lowest BCUT2D eigenvalue weighted by Gasteiger charge is -2.07. The molecule has 0 radical (unpaired) electrons. The van der Waals surface area contributed by atoms with Crippen molar-refractivity contribution in [2.75, 3.05) is 0 Å². The van der Waals surface area contributed by atoms with Gasteiger partial charge in [-0.1, -0.05) is 49.7 Å². The molecule has 0 aliphatic carbocycles. The number of benzene rings is 1. The minimum atomic E-state index is -0.221. The van der Waals surface area contributed by atoms with E-state index in [1.165, 1.54) is 5.56 Å². The van der Waals surface area contributed by atoms with E-state index >= 15 is 0 Å². The molecule has 0 saturated heterocycles. The topological polar surface area (TPSA) is 45.8 Å². The highest BCUT2D eigenvalue weighted by molar-refractivity contribution is 6.29. The largest absolute Gasteiger partial charge is 0.272 e. The number of aromatic amines is 1. The Hall–Kier alpha value is -1.61. The van der Waals surface area contributed by atoms with Gasteiger partial charge in [0.25, 0.3) is 5.56 Å². The predicted molar refractivity (Wildman–Crippen MR) is 73.8 cm³/mol. The Balaban J connectivity index is 2.44. The van der Waals surface area contributed by atoms with Crippen LogP contribution in [0, 0.1) is 5.92 Å². The Kier molecular flexibility index (Phi) is 3.82. The zero-order valence-corrected chi connectivity index (χ0v) is 11.2. The molecule has 0 saturated carbocycles. The lowest BCUT2D eigenvalue weighted by Crippen LogP contribution is -2.10. The summed E-state index contributed by atoms with van der Waals surface area (Å²) < 4.78 is 0. The van der Waals surface area contributed by atoms with Gasteiger partial charge in [-0.3, -0.25) is 4.79 Å². The fraction of sp³-hybridized carbons (Fsp3) is 0.286. The third-order valence-corrected chi connectivity index (χ3v) is 2.85. The first-order valence-corrected chi connectivity index (χ1v) is 6.28. The average Bonchev–Trinajstić information content (AvgIpc) is 2.32. The molecule has 1 heterocycles. The Labute approximate surface area is 111 Å². The van der Waals surface area contributed by atoms with Crippen LogP contribution in [0.4, 0.5) is 0 Å². The van der Waals surface area contributed by atoms with Gasteiger partial charge in [0.2, 0.25) is 0 Å². The molecule has 18 heavy (non-hydrogen) atoms. The van der Waals surface area contributed by atoms with Crippen LogP contribution in [-0.2, 0) is 6.42 Å². The standard InChI is InChI=1S/C14H15ClN2O/c1-9(2)6-10-4-3-5-11(7-10)12-8-13(15)16-17-14(12)18/h3-5,7-9H,6H2,1-2H3,(H,17,18). The minimum absolute atomic E-state index is 0.221. The summed E-state index contributed by atoms with van der Waals surface area (Å²) >= 11 is 5.81. The third-order valence-electron chi connectivity index (χ3n) is 2.65. The van der Waals surface area contributed by atoms with Crippen LogP contribution < -0.4 is 5.56 Å². The SMILES string of the molecule is CC(C)Cc1cccc(-c2cc(Cl)n[nH]c2=O)c1. The Morgan fingerprint density at radius 1 is 1.33 bits per heavy atom. The Morgan fingerprint density at radius 3 is 2.83 bits per heavy atom. The van der Waals surface area contributed by atoms with Crippen molar-refractivity contribution in [1.82, 2.24) is 10.2 Å². The number of halogens is 1. The van der Waals surface area contributed by atoms with Crippen LogP contribution in [0.25, 0.3) is 11.1 Å². The quantitative estimate of drug-likeness (QED) is 0.923. The van der Waals surface area contributed by atoms with Gasteiger partial charge in [0.15, 0.2) is 0 Å². The van der Waals surface area contributed by atoms with Crippen molar-refractivity contribution in [3.8, 4) is 11.1 Å². The van der Waals surface area contributed by atoms with Gasteiger partial charge in [-0.25, -0.2) is 5.10 Å². The monoisotopic (exact) mass is 262 g/mol. The van der Waals surface area contributed by atoms with Crippen LogP contribution in [-0.4, -0.2) is 10.2 Å². The van der Waals surface area contributed by atoms with Gasteiger partial charge in [-0.15, -0.1) is 0 Å². The summed E-state index contributed by atoms with van der Waals surface area (Å²) in [6.45, 7) is 4.34. The molecule has 0 amide bonds. The summed E-state index contributed by atoms with van der Waals surface area (Å²) in [5.74, 6) is 0.583.